The Hall–Kier alpha value is -3.10. The lowest BCUT2D eigenvalue weighted by Crippen LogP contribution is -2.33. The van der Waals surface area contributed by atoms with Crippen LogP contribution in [0, 0.1) is 0 Å². The van der Waals surface area contributed by atoms with Gasteiger partial charge in [0.2, 0.25) is 0 Å². The van der Waals surface area contributed by atoms with Crippen LogP contribution in [0.4, 0.5) is 0 Å². The fourth-order valence-electron chi connectivity index (χ4n) is 3.00. The SMILES string of the molecule is C[C@H](Oc1ccc(Cl)cc1Cl)C(=O)N/N=C\c1ccc(OC(=O)c2sc3ccccc3c2Cl)cc1. The zero-order valence-electron chi connectivity index (χ0n) is 18.1. The maximum atomic E-state index is 12.6. The summed E-state index contributed by atoms with van der Waals surface area (Å²) >= 11 is 19.5. The Morgan fingerprint density at radius 2 is 1.77 bits per heavy atom. The molecule has 178 valence electrons. The molecular formula is C25H17Cl3N2O4S. The number of nitrogens with zero attached hydrogens (tertiary/aromatic N) is 1. The van der Waals surface area contributed by atoms with E-state index in [-0.39, 0.29) is 0 Å². The Morgan fingerprint density at radius 3 is 2.49 bits per heavy atom. The lowest BCUT2D eigenvalue weighted by Gasteiger charge is -2.14. The highest BCUT2D eigenvalue weighted by Crippen LogP contribution is 2.35. The van der Waals surface area contributed by atoms with Gasteiger partial charge in [0.15, 0.2) is 6.10 Å². The highest BCUT2D eigenvalue weighted by atomic mass is 35.5. The van der Waals surface area contributed by atoms with Gasteiger partial charge in [0, 0.05) is 15.1 Å². The quantitative estimate of drug-likeness (QED) is 0.117. The van der Waals surface area contributed by atoms with Gasteiger partial charge in [-0.25, -0.2) is 10.2 Å². The number of hydrogen-bond donors (Lipinski definition) is 1. The Morgan fingerprint density at radius 1 is 1.03 bits per heavy atom. The summed E-state index contributed by atoms with van der Waals surface area (Å²) in [6, 6.07) is 18.9. The Labute approximate surface area is 220 Å². The van der Waals surface area contributed by atoms with E-state index >= 15 is 0 Å². The van der Waals surface area contributed by atoms with Crippen LogP contribution >= 0.6 is 46.1 Å². The number of thiophene rings is 1. The molecule has 1 N–H and O–H groups in total. The Balaban J connectivity index is 1.32. The number of carbonyl (C=O) groups excluding carboxylic acids is 2. The number of benzene rings is 3. The molecule has 0 fully saturated rings. The number of halogens is 3. The van der Waals surface area contributed by atoms with Gasteiger partial charge in [-0.1, -0.05) is 53.0 Å². The van der Waals surface area contributed by atoms with Crippen molar-refractivity contribution in [3.05, 3.63) is 92.2 Å². The van der Waals surface area contributed by atoms with Crippen molar-refractivity contribution in [1.29, 1.82) is 0 Å². The van der Waals surface area contributed by atoms with Crippen molar-refractivity contribution in [2.75, 3.05) is 0 Å². The highest BCUT2D eigenvalue weighted by molar-refractivity contribution is 7.21. The summed E-state index contributed by atoms with van der Waals surface area (Å²) in [7, 11) is 0. The molecule has 4 rings (SSSR count). The van der Waals surface area contributed by atoms with Crippen LogP contribution < -0.4 is 14.9 Å². The number of carbonyl (C=O) groups is 2. The number of esters is 1. The molecule has 0 bridgehead atoms. The van der Waals surface area contributed by atoms with Gasteiger partial charge in [-0.3, -0.25) is 4.79 Å². The third kappa shape index (κ3) is 6.13. The lowest BCUT2D eigenvalue weighted by molar-refractivity contribution is -0.127. The minimum Gasteiger partial charge on any atom is -0.479 e. The fourth-order valence-corrected chi connectivity index (χ4v) is 4.83. The molecule has 0 unspecified atom stereocenters. The first-order chi connectivity index (χ1) is 16.8. The summed E-state index contributed by atoms with van der Waals surface area (Å²) in [5, 5.41) is 5.90. The van der Waals surface area contributed by atoms with Crippen LogP contribution in [0.2, 0.25) is 15.1 Å². The summed E-state index contributed by atoms with van der Waals surface area (Å²) in [6.45, 7) is 1.57. The molecule has 6 nitrogen and oxygen atoms in total. The van der Waals surface area contributed by atoms with Crippen LogP contribution in [0.5, 0.6) is 11.5 Å². The van der Waals surface area contributed by atoms with Gasteiger partial charge < -0.3 is 9.47 Å². The van der Waals surface area contributed by atoms with E-state index in [4.69, 9.17) is 44.3 Å². The molecule has 0 aliphatic carbocycles. The third-order valence-corrected chi connectivity index (χ3v) is 6.95. The number of ether oxygens (including phenoxy) is 2. The van der Waals surface area contributed by atoms with E-state index in [1.807, 2.05) is 24.3 Å². The molecular weight excluding hydrogens is 531 g/mol. The van der Waals surface area contributed by atoms with E-state index in [9.17, 15) is 9.59 Å². The molecule has 1 amide bonds. The van der Waals surface area contributed by atoms with Gasteiger partial charge in [0.25, 0.3) is 5.91 Å². The molecule has 4 aromatic rings. The van der Waals surface area contributed by atoms with Gasteiger partial charge in [-0.15, -0.1) is 11.3 Å². The van der Waals surface area contributed by atoms with Crippen LogP contribution in [-0.4, -0.2) is 24.2 Å². The van der Waals surface area contributed by atoms with Gasteiger partial charge in [-0.05, 0) is 61.0 Å². The van der Waals surface area contributed by atoms with Crippen molar-refractivity contribution in [1.82, 2.24) is 5.43 Å². The first-order valence-electron chi connectivity index (χ1n) is 10.3. The van der Waals surface area contributed by atoms with E-state index in [0.29, 0.717) is 37.0 Å². The van der Waals surface area contributed by atoms with Crippen LogP contribution in [0.3, 0.4) is 0 Å². The first-order valence-corrected chi connectivity index (χ1v) is 12.2. The number of nitrogens with one attached hydrogen (secondary N) is 1. The Kier molecular flexibility index (Phi) is 7.93. The van der Waals surface area contributed by atoms with Gasteiger partial charge in [0.1, 0.15) is 16.4 Å². The summed E-state index contributed by atoms with van der Waals surface area (Å²) in [6.07, 6.45) is 0.613. The zero-order chi connectivity index (χ0) is 24.9. The molecule has 0 radical (unpaired) electrons. The van der Waals surface area contributed by atoms with Gasteiger partial charge >= 0.3 is 5.97 Å². The first kappa shape index (κ1) is 25.0. The normalized spacial score (nSPS) is 12.0. The molecule has 10 heteroatoms. The minimum absolute atomic E-state index is 0.302. The van der Waals surface area contributed by atoms with Crippen LogP contribution in [0.15, 0.2) is 71.8 Å². The second kappa shape index (κ2) is 11.1. The molecule has 35 heavy (non-hydrogen) atoms. The van der Waals surface area contributed by atoms with Crippen molar-refractivity contribution in [2.24, 2.45) is 5.10 Å². The standard InChI is InChI=1S/C25H17Cl3N2O4S/c1-14(33-20-11-8-16(26)12-19(20)27)24(31)30-29-13-15-6-9-17(10-7-15)34-25(32)23-22(28)18-4-2-3-5-21(18)35-23/h2-14H,1H3,(H,30,31)/b29-13-/t14-/m0/s1. The molecule has 3 aromatic carbocycles. The Bertz CT molecular complexity index is 1420. The summed E-state index contributed by atoms with van der Waals surface area (Å²) in [5.41, 5.74) is 3.09. The molecule has 1 heterocycles. The van der Waals surface area contributed by atoms with Crippen molar-refractivity contribution < 1.29 is 19.1 Å². The predicted octanol–water partition coefficient (Wildman–Crippen LogP) is 7.00. The van der Waals surface area contributed by atoms with Gasteiger partial charge in [0.05, 0.1) is 16.3 Å². The number of amides is 1. The maximum Gasteiger partial charge on any atom is 0.355 e. The molecule has 0 aliphatic rings. The molecule has 0 saturated heterocycles. The monoisotopic (exact) mass is 546 g/mol. The fraction of sp³-hybridized carbons (Fsp3) is 0.0800. The van der Waals surface area contributed by atoms with E-state index in [1.54, 1.807) is 43.3 Å². The van der Waals surface area contributed by atoms with Crippen molar-refractivity contribution in [3.8, 4) is 11.5 Å². The van der Waals surface area contributed by atoms with Crippen LogP contribution in [0.1, 0.15) is 22.2 Å². The molecule has 1 aromatic heterocycles. The van der Waals surface area contributed by atoms with E-state index < -0.39 is 18.0 Å². The number of fused-ring (bicyclic) bond motifs is 1. The summed E-state index contributed by atoms with van der Waals surface area (Å²) < 4.78 is 11.9. The van der Waals surface area contributed by atoms with Crippen molar-refractivity contribution >= 4 is 74.3 Å². The largest absolute Gasteiger partial charge is 0.479 e. The van der Waals surface area contributed by atoms with Crippen LogP contribution in [-0.2, 0) is 4.79 Å². The lowest BCUT2D eigenvalue weighted by atomic mass is 10.2. The van der Waals surface area contributed by atoms with E-state index in [1.165, 1.54) is 23.6 Å². The van der Waals surface area contributed by atoms with Crippen LogP contribution in [0.25, 0.3) is 10.1 Å². The van der Waals surface area contributed by atoms with Crippen molar-refractivity contribution in [3.63, 3.8) is 0 Å². The van der Waals surface area contributed by atoms with E-state index in [2.05, 4.69) is 10.5 Å². The predicted molar refractivity (Wildman–Crippen MR) is 141 cm³/mol. The smallest absolute Gasteiger partial charge is 0.355 e. The summed E-state index contributed by atoms with van der Waals surface area (Å²) in [5.74, 6) is -0.297. The number of hydrogen-bond acceptors (Lipinski definition) is 6. The van der Waals surface area contributed by atoms with E-state index in [0.717, 1.165) is 10.1 Å². The maximum absolute atomic E-state index is 12.6. The summed E-state index contributed by atoms with van der Waals surface area (Å²) in [4.78, 5) is 25.1. The zero-order valence-corrected chi connectivity index (χ0v) is 21.2. The topological polar surface area (TPSA) is 77.0 Å². The minimum atomic E-state index is -0.840. The molecule has 0 saturated carbocycles. The average molecular weight is 548 g/mol. The molecule has 0 aliphatic heterocycles. The second-order valence-corrected chi connectivity index (χ2v) is 9.54. The number of hydrazone groups is 1. The highest BCUT2D eigenvalue weighted by Gasteiger charge is 2.19. The molecule has 0 spiro atoms. The average Bonchev–Trinajstić information content (AvgIpc) is 3.18. The van der Waals surface area contributed by atoms with Gasteiger partial charge in [-0.2, -0.15) is 5.10 Å². The number of rotatable bonds is 7. The van der Waals surface area contributed by atoms with Crippen molar-refractivity contribution in [2.45, 2.75) is 13.0 Å². The second-order valence-electron chi connectivity index (χ2n) is 7.27. The third-order valence-electron chi connectivity index (χ3n) is 4.77. The molecule has 1 atom stereocenters.